The molecule has 88 valence electrons. The van der Waals surface area contributed by atoms with Gasteiger partial charge < -0.3 is 9.52 Å². The van der Waals surface area contributed by atoms with E-state index in [-0.39, 0.29) is 11.7 Å². The van der Waals surface area contributed by atoms with Crippen LogP contribution < -0.4 is 0 Å². The van der Waals surface area contributed by atoms with E-state index in [2.05, 4.69) is 10.2 Å². The van der Waals surface area contributed by atoms with Gasteiger partial charge in [0.25, 0.3) is 0 Å². The molecule has 5 nitrogen and oxygen atoms in total. The highest BCUT2D eigenvalue weighted by Gasteiger charge is 2.13. The summed E-state index contributed by atoms with van der Waals surface area (Å²) >= 11 is 0. The molecule has 0 atom stereocenters. The summed E-state index contributed by atoms with van der Waals surface area (Å²) in [6.45, 7) is 0. The zero-order valence-electron chi connectivity index (χ0n) is 8.76. The average molecular weight is 236 g/mol. The van der Waals surface area contributed by atoms with E-state index in [1.165, 1.54) is 6.07 Å². The van der Waals surface area contributed by atoms with E-state index >= 15 is 0 Å². The normalized spacial score (nSPS) is 10.4. The van der Waals surface area contributed by atoms with Gasteiger partial charge >= 0.3 is 11.9 Å². The van der Waals surface area contributed by atoms with E-state index in [9.17, 15) is 9.18 Å². The zero-order chi connectivity index (χ0) is 12.3. The van der Waals surface area contributed by atoms with Gasteiger partial charge in [-0.1, -0.05) is 18.2 Å². The lowest BCUT2D eigenvalue weighted by Crippen LogP contribution is -1.95. The summed E-state index contributed by atoms with van der Waals surface area (Å²) in [5.74, 6) is -1.83. The number of carboxylic acids is 1. The van der Waals surface area contributed by atoms with E-state index in [1.54, 1.807) is 18.2 Å². The summed E-state index contributed by atoms with van der Waals surface area (Å²) in [6.07, 6.45) is 0.690. The van der Waals surface area contributed by atoms with Gasteiger partial charge in [-0.15, -0.1) is 10.2 Å². The average Bonchev–Trinajstić information content (AvgIpc) is 2.77. The first-order valence-electron chi connectivity index (χ1n) is 4.96. The van der Waals surface area contributed by atoms with Crippen molar-refractivity contribution in [1.82, 2.24) is 10.2 Å². The number of nitrogens with zero attached hydrogens (tertiary/aromatic N) is 2. The summed E-state index contributed by atoms with van der Waals surface area (Å²) in [4.78, 5) is 10.5. The van der Waals surface area contributed by atoms with E-state index in [0.29, 0.717) is 18.4 Å². The number of hydrogen-bond acceptors (Lipinski definition) is 4. The van der Waals surface area contributed by atoms with Crippen LogP contribution in [0.4, 0.5) is 4.39 Å². The molecule has 2 aromatic rings. The Kier molecular flexibility index (Phi) is 3.13. The van der Waals surface area contributed by atoms with E-state index in [4.69, 9.17) is 9.52 Å². The third-order valence-electron chi connectivity index (χ3n) is 2.22. The highest BCUT2D eigenvalue weighted by atomic mass is 19.1. The van der Waals surface area contributed by atoms with E-state index in [1.807, 2.05) is 0 Å². The van der Waals surface area contributed by atoms with Crippen molar-refractivity contribution in [2.24, 2.45) is 0 Å². The molecule has 6 heteroatoms. The maximum atomic E-state index is 13.3. The fourth-order valence-corrected chi connectivity index (χ4v) is 1.38. The molecule has 0 unspecified atom stereocenters. The molecule has 0 saturated carbocycles. The molecular weight excluding hydrogens is 227 g/mol. The van der Waals surface area contributed by atoms with Crippen LogP contribution in [-0.4, -0.2) is 21.3 Å². The Morgan fingerprint density at radius 3 is 2.71 bits per heavy atom. The van der Waals surface area contributed by atoms with Crippen LogP contribution in [-0.2, 0) is 12.8 Å². The fourth-order valence-electron chi connectivity index (χ4n) is 1.38. The third-order valence-corrected chi connectivity index (χ3v) is 2.22. The largest absolute Gasteiger partial charge is 0.474 e. The minimum Gasteiger partial charge on any atom is -0.474 e. The number of aryl methyl sites for hydroxylation is 2. The fraction of sp³-hybridized carbons (Fsp3) is 0.182. The summed E-state index contributed by atoms with van der Waals surface area (Å²) in [7, 11) is 0. The Balaban J connectivity index is 2.02. The van der Waals surface area contributed by atoms with E-state index < -0.39 is 11.9 Å². The lowest BCUT2D eigenvalue weighted by molar-refractivity contribution is 0.0651. The van der Waals surface area contributed by atoms with Crippen LogP contribution in [0.3, 0.4) is 0 Å². The minimum absolute atomic E-state index is 0.186. The topological polar surface area (TPSA) is 76.2 Å². The van der Waals surface area contributed by atoms with Crippen LogP contribution in [0.2, 0.25) is 0 Å². The Morgan fingerprint density at radius 1 is 1.29 bits per heavy atom. The lowest BCUT2D eigenvalue weighted by atomic mass is 10.1. The number of aromatic nitrogens is 2. The highest BCUT2D eigenvalue weighted by Crippen LogP contribution is 2.10. The molecule has 2 rings (SSSR count). The predicted molar refractivity (Wildman–Crippen MR) is 55.1 cm³/mol. The molecule has 0 amide bonds. The summed E-state index contributed by atoms with van der Waals surface area (Å²) in [5.41, 5.74) is 0.530. The maximum Gasteiger partial charge on any atom is 0.393 e. The monoisotopic (exact) mass is 236 g/mol. The van der Waals surface area contributed by atoms with Crippen molar-refractivity contribution in [3.05, 3.63) is 47.4 Å². The van der Waals surface area contributed by atoms with Crippen LogP contribution in [0.1, 0.15) is 22.1 Å². The molecule has 0 spiro atoms. The van der Waals surface area contributed by atoms with Crippen molar-refractivity contribution in [3.63, 3.8) is 0 Å². The first-order valence-corrected chi connectivity index (χ1v) is 4.96. The molecule has 1 heterocycles. The Hall–Kier alpha value is -2.24. The predicted octanol–water partition coefficient (Wildman–Crippen LogP) is 1.69. The second kappa shape index (κ2) is 4.73. The first-order chi connectivity index (χ1) is 8.16. The molecule has 1 aromatic carbocycles. The van der Waals surface area contributed by atoms with Crippen molar-refractivity contribution in [2.45, 2.75) is 12.8 Å². The number of halogens is 1. The van der Waals surface area contributed by atoms with Gasteiger partial charge in [-0.3, -0.25) is 0 Å². The second-order valence-electron chi connectivity index (χ2n) is 3.40. The van der Waals surface area contributed by atoms with Gasteiger partial charge in [-0.05, 0) is 18.1 Å². The molecule has 1 N–H and O–H groups in total. The summed E-state index contributed by atoms with van der Waals surface area (Å²) in [5, 5.41) is 15.5. The minimum atomic E-state index is -1.27. The number of aromatic carboxylic acids is 1. The number of carboxylic acid groups (broad SMARTS) is 1. The molecule has 0 aliphatic carbocycles. The number of hydrogen-bond donors (Lipinski definition) is 1. The molecule has 1 aromatic heterocycles. The van der Waals surface area contributed by atoms with Gasteiger partial charge in [-0.25, -0.2) is 9.18 Å². The van der Waals surface area contributed by atoms with Crippen LogP contribution in [0.5, 0.6) is 0 Å². The van der Waals surface area contributed by atoms with Gasteiger partial charge in [0, 0.05) is 6.42 Å². The van der Waals surface area contributed by atoms with E-state index in [0.717, 1.165) is 0 Å². The van der Waals surface area contributed by atoms with Crippen molar-refractivity contribution < 1.29 is 18.7 Å². The molecule has 0 radical (unpaired) electrons. The molecular formula is C11H9FN2O3. The number of rotatable bonds is 4. The standard InChI is InChI=1S/C11H9FN2O3/c12-8-4-2-1-3-7(8)5-6-9-13-14-10(17-9)11(15)16/h1-4H,5-6H2,(H,15,16). The Labute approximate surface area is 95.9 Å². The zero-order valence-corrected chi connectivity index (χ0v) is 8.76. The van der Waals surface area contributed by atoms with Crippen LogP contribution in [0, 0.1) is 5.82 Å². The van der Waals surface area contributed by atoms with Gasteiger partial charge in [0.2, 0.25) is 5.89 Å². The van der Waals surface area contributed by atoms with Crippen LogP contribution >= 0.6 is 0 Å². The van der Waals surface area contributed by atoms with Crippen molar-refractivity contribution in [1.29, 1.82) is 0 Å². The van der Waals surface area contributed by atoms with Crippen molar-refractivity contribution in [3.8, 4) is 0 Å². The van der Waals surface area contributed by atoms with Gasteiger partial charge in [0.05, 0.1) is 0 Å². The first kappa shape index (κ1) is 11.3. The number of carbonyl (C=O) groups is 1. The molecule has 0 aliphatic rings. The van der Waals surface area contributed by atoms with Gasteiger partial charge in [0.15, 0.2) is 0 Å². The smallest absolute Gasteiger partial charge is 0.393 e. The molecule has 0 aliphatic heterocycles. The Morgan fingerprint density at radius 2 is 2.06 bits per heavy atom. The molecule has 0 fully saturated rings. The molecule has 0 saturated heterocycles. The second-order valence-corrected chi connectivity index (χ2v) is 3.40. The molecule has 0 bridgehead atoms. The third kappa shape index (κ3) is 2.66. The van der Waals surface area contributed by atoms with Gasteiger partial charge in [-0.2, -0.15) is 0 Å². The quantitative estimate of drug-likeness (QED) is 0.874. The summed E-state index contributed by atoms with van der Waals surface area (Å²) < 4.78 is 18.1. The highest BCUT2D eigenvalue weighted by molar-refractivity contribution is 5.81. The van der Waals surface area contributed by atoms with Crippen molar-refractivity contribution in [2.75, 3.05) is 0 Å². The summed E-state index contributed by atoms with van der Waals surface area (Å²) in [6, 6.07) is 6.36. The number of benzene rings is 1. The molecule has 17 heavy (non-hydrogen) atoms. The van der Waals surface area contributed by atoms with Crippen LogP contribution in [0.25, 0.3) is 0 Å². The van der Waals surface area contributed by atoms with Gasteiger partial charge in [0.1, 0.15) is 5.82 Å². The SMILES string of the molecule is O=C(O)c1nnc(CCc2ccccc2F)o1. The van der Waals surface area contributed by atoms with Crippen molar-refractivity contribution >= 4 is 5.97 Å². The van der Waals surface area contributed by atoms with Crippen LogP contribution in [0.15, 0.2) is 28.7 Å². The lowest BCUT2D eigenvalue weighted by Gasteiger charge is -1.99. The Bertz CT molecular complexity index is 539. The maximum absolute atomic E-state index is 13.3.